The van der Waals surface area contributed by atoms with Gasteiger partial charge < -0.3 is 19.5 Å². The van der Waals surface area contributed by atoms with Crippen LogP contribution in [0.5, 0.6) is 11.5 Å². The van der Waals surface area contributed by atoms with Gasteiger partial charge in [-0.2, -0.15) is 4.98 Å². The number of allylic oxidation sites excluding steroid dienone is 1. The van der Waals surface area contributed by atoms with E-state index in [1.54, 1.807) is 18.7 Å². The number of nitrogens with one attached hydrogen (secondary N) is 1. The van der Waals surface area contributed by atoms with Gasteiger partial charge in [0.05, 0.1) is 25.9 Å². The number of aromatic nitrogens is 3. The summed E-state index contributed by atoms with van der Waals surface area (Å²) in [6.45, 7) is 6.35. The van der Waals surface area contributed by atoms with E-state index in [2.05, 4.69) is 22.4 Å². The predicted octanol–water partition coefficient (Wildman–Crippen LogP) is 4.83. The van der Waals surface area contributed by atoms with Crippen molar-refractivity contribution in [3.63, 3.8) is 0 Å². The minimum Gasteiger partial charge on any atom is -0.493 e. The molecule has 1 atom stereocenters. The molecule has 8 nitrogen and oxygen atoms in total. The number of thioether (sulfide) groups is 1. The molecule has 0 bridgehead atoms. The first kappa shape index (κ1) is 23.7. The topological polar surface area (TPSA) is 87.5 Å². The van der Waals surface area contributed by atoms with Crippen LogP contribution in [0.25, 0.3) is 0 Å². The third-order valence-electron chi connectivity index (χ3n) is 5.34. The summed E-state index contributed by atoms with van der Waals surface area (Å²) in [5.41, 5.74) is 3.15. The van der Waals surface area contributed by atoms with Crippen LogP contribution in [-0.4, -0.2) is 41.1 Å². The minimum atomic E-state index is -0.529. The Morgan fingerprint density at radius 3 is 2.62 bits per heavy atom. The van der Waals surface area contributed by atoms with Crippen LogP contribution in [0.3, 0.4) is 0 Å². The molecule has 34 heavy (non-hydrogen) atoms. The number of fused-ring (bicyclic) bond motifs is 1. The summed E-state index contributed by atoms with van der Waals surface area (Å²) in [4.78, 5) is 17.7. The highest BCUT2D eigenvalue weighted by Crippen LogP contribution is 2.40. The molecule has 9 heteroatoms. The second-order valence-electron chi connectivity index (χ2n) is 7.57. The molecular formula is C25H28N4O4S. The van der Waals surface area contributed by atoms with Crippen molar-refractivity contribution in [1.82, 2.24) is 14.8 Å². The fourth-order valence-electron chi connectivity index (χ4n) is 3.83. The Hall–Kier alpha value is -3.46. The molecule has 0 amide bonds. The molecule has 1 aliphatic rings. The van der Waals surface area contributed by atoms with Crippen LogP contribution in [0.1, 0.15) is 37.9 Å². The number of hydrogen-bond acceptors (Lipinski definition) is 8. The maximum absolute atomic E-state index is 13.0. The maximum Gasteiger partial charge on any atom is 0.338 e. The van der Waals surface area contributed by atoms with Gasteiger partial charge in [0.15, 0.2) is 11.5 Å². The van der Waals surface area contributed by atoms with Crippen LogP contribution < -0.4 is 14.8 Å². The second-order valence-corrected chi connectivity index (χ2v) is 8.51. The number of hydrogen-bond donors (Lipinski definition) is 1. The van der Waals surface area contributed by atoms with Gasteiger partial charge in [-0.15, -0.1) is 5.10 Å². The molecule has 1 unspecified atom stereocenters. The van der Waals surface area contributed by atoms with Crippen LogP contribution in [0.15, 0.2) is 65.0 Å². The fourth-order valence-corrected chi connectivity index (χ4v) is 4.61. The van der Waals surface area contributed by atoms with Gasteiger partial charge in [-0.25, -0.2) is 9.48 Å². The summed E-state index contributed by atoms with van der Waals surface area (Å²) < 4.78 is 18.4. The monoisotopic (exact) mass is 480 g/mol. The van der Waals surface area contributed by atoms with Gasteiger partial charge in [0, 0.05) is 11.4 Å². The van der Waals surface area contributed by atoms with E-state index in [4.69, 9.17) is 19.3 Å². The van der Waals surface area contributed by atoms with Crippen LogP contribution in [0, 0.1) is 0 Å². The van der Waals surface area contributed by atoms with Crippen LogP contribution in [-0.2, 0) is 15.3 Å². The van der Waals surface area contributed by atoms with Crippen molar-refractivity contribution in [2.24, 2.45) is 0 Å². The molecule has 0 spiro atoms. The third-order valence-corrected chi connectivity index (χ3v) is 6.25. The molecule has 4 rings (SSSR count). The number of rotatable bonds is 9. The summed E-state index contributed by atoms with van der Waals surface area (Å²) in [7, 11) is 1.59. The largest absolute Gasteiger partial charge is 0.493 e. The molecule has 0 saturated carbocycles. The predicted molar refractivity (Wildman–Crippen MR) is 131 cm³/mol. The lowest BCUT2D eigenvalue weighted by Gasteiger charge is -2.28. The average molecular weight is 481 g/mol. The molecule has 0 fully saturated rings. The number of methoxy groups -OCH3 is 1. The number of anilines is 1. The molecule has 178 valence electrons. The van der Waals surface area contributed by atoms with Crippen LogP contribution in [0.4, 0.5) is 5.95 Å². The number of ether oxygens (including phenoxy) is 3. The smallest absolute Gasteiger partial charge is 0.338 e. The van der Waals surface area contributed by atoms with E-state index in [9.17, 15) is 4.79 Å². The van der Waals surface area contributed by atoms with E-state index >= 15 is 0 Å². The lowest BCUT2D eigenvalue weighted by Crippen LogP contribution is -2.29. The Morgan fingerprint density at radius 2 is 1.91 bits per heavy atom. The van der Waals surface area contributed by atoms with E-state index < -0.39 is 12.0 Å². The average Bonchev–Trinajstić information content (AvgIpc) is 3.25. The molecule has 0 saturated heterocycles. The normalized spacial score (nSPS) is 14.9. The molecule has 0 aliphatic carbocycles. The molecule has 3 aromatic rings. The van der Waals surface area contributed by atoms with Crippen molar-refractivity contribution < 1.29 is 19.0 Å². The van der Waals surface area contributed by atoms with E-state index in [0.717, 1.165) is 11.3 Å². The van der Waals surface area contributed by atoms with Gasteiger partial charge in [0.2, 0.25) is 11.1 Å². The summed E-state index contributed by atoms with van der Waals surface area (Å²) in [5, 5.41) is 8.60. The van der Waals surface area contributed by atoms with Crippen molar-refractivity contribution in [3.05, 3.63) is 70.9 Å². The van der Waals surface area contributed by atoms with E-state index in [-0.39, 0.29) is 6.61 Å². The highest BCUT2D eigenvalue weighted by Gasteiger charge is 2.35. The number of carbonyl (C=O) groups excluding carboxylic acids is 1. The molecule has 2 heterocycles. The summed E-state index contributed by atoms with van der Waals surface area (Å²) >= 11 is 1.54. The van der Waals surface area contributed by atoms with Gasteiger partial charge in [0.25, 0.3) is 0 Å². The first-order chi connectivity index (χ1) is 16.5. The Morgan fingerprint density at radius 1 is 1.12 bits per heavy atom. The van der Waals surface area contributed by atoms with Crippen molar-refractivity contribution in [2.75, 3.05) is 25.6 Å². The van der Waals surface area contributed by atoms with Crippen LogP contribution >= 0.6 is 11.8 Å². The standard InChI is InChI=1S/C25H28N4O4S/c1-5-32-19-13-12-18(14-20(19)31-4)22-21(23(30)33-6-2)16(3)26-24-27-25(28-29(22)24)34-15-17-10-8-7-9-11-17/h7-14,22H,5-6,15H2,1-4H3,(H,26,27,28). The molecular weight excluding hydrogens is 452 g/mol. The summed E-state index contributed by atoms with van der Waals surface area (Å²) in [6, 6.07) is 15.3. The Kier molecular flexibility index (Phi) is 7.42. The maximum atomic E-state index is 13.0. The first-order valence-electron chi connectivity index (χ1n) is 11.1. The lowest BCUT2D eigenvalue weighted by atomic mass is 9.95. The number of carbonyl (C=O) groups is 1. The highest BCUT2D eigenvalue weighted by molar-refractivity contribution is 7.98. The molecule has 2 aromatic carbocycles. The quantitative estimate of drug-likeness (QED) is 0.344. The highest BCUT2D eigenvalue weighted by atomic mass is 32.2. The van der Waals surface area contributed by atoms with E-state index in [0.29, 0.717) is 40.5 Å². The van der Waals surface area contributed by atoms with Gasteiger partial charge in [-0.1, -0.05) is 48.2 Å². The van der Waals surface area contributed by atoms with Gasteiger partial charge >= 0.3 is 5.97 Å². The SMILES string of the molecule is CCOC(=O)C1=C(C)Nc2nc(SCc3ccccc3)nn2C1c1ccc(OCC)c(OC)c1. The lowest BCUT2D eigenvalue weighted by molar-refractivity contribution is -0.139. The van der Waals surface area contributed by atoms with E-state index in [1.807, 2.05) is 50.2 Å². The zero-order valence-corrected chi connectivity index (χ0v) is 20.5. The molecule has 1 aromatic heterocycles. The van der Waals surface area contributed by atoms with Gasteiger partial charge in [0.1, 0.15) is 6.04 Å². The van der Waals surface area contributed by atoms with Gasteiger partial charge in [-0.05, 0) is 44.0 Å². The second kappa shape index (κ2) is 10.6. The Bertz CT molecular complexity index is 1190. The summed E-state index contributed by atoms with van der Waals surface area (Å²) in [6.07, 6.45) is 0. The van der Waals surface area contributed by atoms with E-state index in [1.165, 1.54) is 17.3 Å². The van der Waals surface area contributed by atoms with Crippen molar-refractivity contribution >= 4 is 23.7 Å². The number of benzene rings is 2. The third kappa shape index (κ3) is 4.89. The van der Waals surface area contributed by atoms with Crippen LogP contribution in [0.2, 0.25) is 0 Å². The molecule has 0 radical (unpaired) electrons. The van der Waals surface area contributed by atoms with Gasteiger partial charge in [-0.3, -0.25) is 0 Å². The zero-order chi connectivity index (χ0) is 24.1. The fraction of sp³-hybridized carbons (Fsp3) is 0.320. The first-order valence-corrected chi connectivity index (χ1v) is 12.1. The summed E-state index contributed by atoms with van der Waals surface area (Å²) in [5.74, 6) is 2.13. The van der Waals surface area contributed by atoms with Crippen molar-refractivity contribution in [3.8, 4) is 11.5 Å². The van der Waals surface area contributed by atoms with Crippen molar-refractivity contribution in [2.45, 2.75) is 37.7 Å². The molecule has 1 aliphatic heterocycles. The minimum absolute atomic E-state index is 0.275. The Labute approximate surface area is 203 Å². The molecule has 1 N–H and O–H groups in total. The zero-order valence-electron chi connectivity index (χ0n) is 19.7. The number of esters is 1. The van der Waals surface area contributed by atoms with Crippen molar-refractivity contribution in [1.29, 1.82) is 0 Å². The number of nitrogens with zero attached hydrogens (tertiary/aromatic N) is 3. The Balaban J connectivity index is 1.74.